The monoisotopic (exact) mass is 288 g/mol. The van der Waals surface area contributed by atoms with Crippen LogP contribution >= 0.6 is 0 Å². The highest BCUT2D eigenvalue weighted by Crippen LogP contribution is 2.20. The third-order valence-corrected chi connectivity index (χ3v) is 2.72. The van der Waals surface area contributed by atoms with Crippen molar-refractivity contribution >= 4 is 5.95 Å². The van der Waals surface area contributed by atoms with Crippen LogP contribution in [0.1, 0.15) is 32.3 Å². The van der Waals surface area contributed by atoms with E-state index in [1.807, 2.05) is 31.2 Å². The Morgan fingerprint density at radius 1 is 0.952 bits per heavy atom. The molecule has 0 aliphatic rings. The van der Waals surface area contributed by atoms with Crippen molar-refractivity contribution in [3.63, 3.8) is 0 Å². The number of hydrogen-bond donors (Lipinski definition) is 1. The molecule has 1 heterocycles. The summed E-state index contributed by atoms with van der Waals surface area (Å²) >= 11 is 0. The summed E-state index contributed by atoms with van der Waals surface area (Å²) in [5.74, 6) is 0.732. The normalized spacial score (nSPS) is 10.4. The molecule has 0 aliphatic carbocycles. The zero-order valence-corrected chi connectivity index (χ0v) is 12.4. The molecule has 0 aliphatic heterocycles. The third-order valence-electron chi connectivity index (χ3n) is 2.72. The van der Waals surface area contributed by atoms with Crippen LogP contribution in [-0.4, -0.2) is 21.6 Å². The van der Waals surface area contributed by atoms with Gasteiger partial charge in [-0.15, -0.1) is 4.98 Å². The number of ether oxygens (including phenoxy) is 2. The molecule has 21 heavy (non-hydrogen) atoms. The zero-order chi connectivity index (χ0) is 15.1. The van der Waals surface area contributed by atoms with Gasteiger partial charge >= 0.3 is 12.0 Å². The number of rotatable bonds is 7. The van der Waals surface area contributed by atoms with E-state index in [0.29, 0.717) is 12.4 Å². The predicted octanol–water partition coefficient (Wildman–Crippen LogP) is 2.99. The quantitative estimate of drug-likeness (QED) is 0.843. The summed E-state index contributed by atoms with van der Waals surface area (Å²) in [6.45, 7) is 4.67. The number of aromatic nitrogens is 3. The minimum absolute atomic E-state index is 0.0775. The molecule has 0 amide bonds. The number of hydrogen-bond acceptors (Lipinski definition) is 6. The Balaban J connectivity index is 2.09. The third kappa shape index (κ3) is 4.59. The number of aryl methyl sites for hydroxylation is 1. The first kappa shape index (κ1) is 15.0. The molecule has 2 rings (SSSR count). The van der Waals surface area contributed by atoms with E-state index in [2.05, 4.69) is 21.9 Å². The average Bonchev–Trinajstić information content (AvgIpc) is 2.47. The van der Waals surface area contributed by atoms with Crippen LogP contribution in [0.3, 0.4) is 0 Å². The van der Waals surface area contributed by atoms with E-state index < -0.39 is 0 Å². The lowest BCUT2D eigenvalue weighted by Gasteiger charge is -2.07. The van der Waals surface area contributed by atoms with Gasteiger partial charge in [-0.3, -0.25) is 0 Å². The lowest BCUT2D eigenvalue weighted by Crippen LogP contribution is -2.05. The van der Waals surface area contributed by atoms with Gasteiger partial charge in [0.05, 0.1) is 6.61 Å². The predicted molar refractivity (Wildman–Crippen MR) is 80.5 cm³/mol. The van der Waals surface area contributed by atoms with Gasteiger partial charge in [-0.05, 0) is 30.5 Å². The van der Waals surface area contributed by atoms with E-state index in [1.54, 1.807) is 0 Å². The fourth-order valence-corrected chi connectivity index (χ4v) is 1.77. The molecule has 2 aromatic rings. The molecule has 0 fully saturated rings. The lowest BCUT2D eigenvalue weighted by molar-refractivity contribution is 0.285. The summed E-state index contributed by atoms with van der Waals surface area (Å²) in [5, 5.41) is 0. The maximum absolute atomic E-state index is 5.63. The molecule has 1 aromatic carbocycles. The van der Waals surface area contributed by atoms with Crippen LogP contribution in [0, 0.1) is 0 Å². The number of anilines is 1. The summed E-state index contributed by atoms with van der Waals surface area (Å²) in [6.07, 6.45) is 3.02. The first-order valence-corrected chi connectivity index (χ1v) is 7.12. The molecule has 0 spiro atoms. The van der Waals surface area contributed by atoms with Gasteiger partial charge in [0, 0.05) is 0 Å². The lowest BCUT2D eigenvalue weighted by atomic mass is 10.1. The Morgan fingerprint density at radius 3 is 2.33 bits per heavy atom. The zero-order valence-electron chi connectivity index (χ0n) is 12.4. The molecule has 0 saturated heterocycles. The summed E-state index contributed by atoms with van der Waals surface area (Å²) in [6, 6.07) is 8.14. The average molecular weight is 288 g/mol. The first-order chi connectivity index (χ1) is 10.2. The summed E-state index contributed by atoms with van der Waals surface area (Å²) in [5.41, 5.74) is 6.90. The second kappa shape index (κ2) is 7.42. The second-order valence-electron chi connectivity index (χ2n) is 4.60. The Kier molecular flexibility index (Phi) is 5.31. The molecule has 0 atom stereocenters. The van der Waals surface area contributed by atoms with Gasteiger partial charge in [0.2, 0.25) is 5.95 Å². The van der Waals surface area contributed by atoms with Gasteiger partial charge in [-0.25, -0.2) is 0 Å². The maximum Gasteiger partial charge on any atom is 0.330 e. The molecule has 112 valence electrons. The van der Waals surface area contributed by atoms with E-state index in [9.17, 15) is 0 Å². The van der Waals surface area contributed by atoms with Crippen molar-refractivity contribution in [3.8, 4) is 17.8 Å². The highest BCUT2D eigenvalue weighted by atomic mass is 16.5. The number of nitrogen functional groups attached to an aromatic ring is 1. The molecule has 1 aromatic heterocycles. The van der Waals surface area contributed by atoms with Crippen LogP contribution in [0.25, 0.3) is 0 Å². The van der Waals surface area contributed by atoms with Gasteiger partial charge < -0.3 is 15.2 Å². The Hall–Kier alpha value is -2.37. The van der Waals surface area contributed by atoms with Gasteiger partial charge in [0.1, 0.15) is 5.75 Å². The highest BCUT2D eigenvalue weighted by molar-refractivity contribution is 5.30. The molecule has 0 radical (unpaired) electrons. The minimum atomic E-state index is 0.0775. The SMILES string of the molecule is CCCOc1nc(N)nc(Oc2ccc(CCC)cc2)n1. The van der Waals surface area contributed by atoms with E-state index in [-0.39, 0.29) is 18.0 Å². The van der Waals surface area contributed by atoms with Gasteiger partial charge in [-0.2, -0.15) is 9.97 Å². The highest BCUT2D eigenvalue weighted by Gasteiger charge is 2.07. The van der Waals surface area contributed by atoms with Crippen molar-refractivity contribution < 1.29 is 9.47 Å². The van der Waals surface area contributed by atoms with E-state index in [1.165, 1.54) is 5.56 Å². The van der Waals surface area contributed by atoms with Crippen LogP contribution in [0.5, 0.6) is 17.8 Å². The van der Waals surface area contributed by atoms with Crippen molar-refractivity contribution in [1.82, 2.24) is 15.0 Å². The first-order valence-electron chi connectivity index (χ1n) is 7.12. The molecule has 0 bridgehead atoms. The Bertz CT molecular complexity index is 572. The standard InChI is InChI=1S/C15H20N4O2/c1-3-5-11-6-8-12(9-7-11)21-15-18-13(16)17-14(19-15)20-10-4-2/h6-9H,3-5,10H2,1-2H3,(H2,16,17,18,19). The van der Waals surface area contributed by atoms with Crippen molar-refractivity contribution in [2.75, 3.05) is 12.3 Å². The van der Waals surface area contributed by atoms with Crippen molar-refractivity contribution in [2.45, 2.75) is 33.1 Å². The van der Waals surface area contributed by atoms with Crippen molar-refractivity contribution in [2.24, 2.45) is 0 Å². The summed E-state index contributed by atoms with van der Waals surface area (Å²) in [4.78, 5) is 11.9. The fourth-order valence-electron chi connectivity index (χ4n) is 1.77. The minimum Gasteiger partial charge on any atom is -0.463 e. The summed E-state index contributed by atoms with van der Waals surface area (Å²) < 4.78 is 10.9. The van der Waals surface area contributed by atoms with Crippen LogP contribution in [-0.2, 0) is 6.42 Å². The number of nitrogens with two attached hydrogens (primary N) is 1. The van der Waals surface area contributed by atoms with Crippen LogP contribution in [0.15, 0.2) is 24.3 Å². The molecule has 6 nitrogen and oxygen atoms in total. The van der Waals surface area contributed by atoms with Crippen molar-refractivity contribution in [3.05, 3.63) is 29.8 Å². The smallest absolute Gasteiger partial charge is 0.330 e. The second-order valence-corrected chi connectivity index (χ2v) is 4.60. The molecule has 0 unspecified atom stereocenters. The van der Waals surface area contributed by atoms with E-state index in [0.717, 1.165) is 19.3 Å². The molecule has 6 heteroatoms. The van der Waals surface area contributed by atoms with E-state index in [4.69, 9.17) is 15.2 Å². The van der Waals surface area contributed by atoms with Gasteiger partial charge in [0.25, 0.3) is 0 Å². The number of benzene rings is 1. The summed E-state index contributed by atoms with van der Waals surface area (Å²) in [7, 11) is 0. The fraction of sp³-hybridized carbons (Fsp3) is 0.400. The van der Waals surface area contributed by atoms with Crippen LogP contribution in [0.2, 0.25) is 0 Å². The number of nitrogens with zero attached hydrogens (tertiary/aromatic N) is 3. The molecule has 0 saturated carbocycles. The molecular formula is C15H20N4O2. The van der Waals surface area contributed by atoms with Gasteiger partial charge in [-0.1, -0.05) is 32.4 Å². The molecule has 2 N–H and O–H groups in total. The Morgan fingerprint density at radius 2 is 1.67 bits per heavy atom. The van der Waals surface area contributed by atoms with Crippen molar-refractivity contribution in [1.29, 1.82) is 0 Å². The molecular weight excluding hydrogens is 268 g/mol. The topological polar surface area (TPSA) is 83.2 Å². The van der Waals surface area contributed by atoms with Crippen LogP contribution < -0.4 is 15.2 Å². The van der Waals surface area contributed by atoms with E-state index >= 15 is 0 Å². The van der Waals surface area contributed by atoms with Crippen LogP contribution in [0.4, 0.5) is 5.95 Å². The Labute approximate surface area is 124 Å². The largest absolute Gasteiger partial charge is 0.463 e. The van der Waals surface area contributed by atoms with Gasteiger partial charge in [0.15, 0.2) is 0 Å². The maximum atomic E-state index is 5.63.